The van der Waals surface area contributed by atoms with Crippen molar-refractivity contribution in [2.24, 2.45) is 5.14 Å². The summed E-state index contributed by atoms with van der Waals surface area (Å²) in [6.07, 6.45) is -4.75. The predicted molar refractivity (Wildman–Crippen MR) is 111 cm³/mol. The average molecular weight is 489 g/mol. The number of primary sulfonamides is 1. The van der Waals surface area contributed by atoms with Crippen LogP contribution in [0.5, 0.6) is 0 Å². The maximum absolute atomic E-state index is 12.2. The van der Waals surface area contributed by atoms with Crippen LogP contribution in [0.25, 0.3) is 0 Å². The number of nitrogens with one attached hydrogen (secondary N) is 3. The number of hydrogen-bond acceptors (Lipinski definition) is 7. The molecule has 0 aliphatic rings. The normalized spacial score (nSPS) is 11.5. The van der Waals surface area contributed by atoms with Gasteiger partial charge >= 0.3 is 6.18 Å². The van der Waals surface area contributed by atoms with Crippen molar-refractivity contribution in [1.82, 2.24) is 5.32 Å². The van der Waals surface area contributed by atoms with Crippen molar-refractivity contribution < 1.29 is 36.1 Å². The summed E-state index contributed by atoms with van der Waals surface area (Å²) in [5.41, 5.74) is -0.535. The van der Waals surface area contributed by atoms with E-state index in [1.54, 1.807) is 5.32 Å². The smallest absolute Gasteiger partial charge is 0.379 e. The molecule has 0 bridgehead atoms. The maximum Gasteiger partial charge on any atom is 0.405 e. The lowest BCUT2D eigenvalue weighted by atomic mass is 10.2. The first-order valence-electron chi connectivity index (χ1n) is 9.06. The number of nitrogens with two attached hydrogens (primary N) is 1. The van der Waals surface area contributed by atoms with Crippen molar-refractivity contribution >= 4 is 38.9 Å². The third kappa shape index (κ3) is 8.04. The fraction of sp³-hybridized carbons (Fsp3) is 0.222. The first-order valence-corrected chi connectivity index (χ1v) is 10.6. The van der Waals surface area contributed by atoms with Crippen LogP contribution in [0.1, 0.15) is 16.8 Å². The van der Waals surface area contributed by atoms with Crippen molar-refractivity contribution in [2.75, 3.05) is 23.7 Å². The number of benzene rings is 2. The molecule has 5 N–H and O–H groups in total. The van der Waals surface area contributed by atoms with Gasteiger partial charge in [-0.05, 0) is 30.3 Å². The van der Waals surface area contributed by atoms with Gasteiger partial charge in [0.15, 0.2) is 0 Å². The number of amides is 2. The molecule has 2 aromatic carbocycles. The molecule has 0 atom stereocenters. The van der Waals surface area contributed by atoms with E-state index in [1.807, 2.05) is 0 Å². The zero-order valence-electron chi connectivity index (χ0n) is 16.7. The topological polar surface area (TPSA) is 174 Å². The molecule has 0 aliphatic carbocycles. The zero-order chi connectivity index (χ0) is 24.8. The maximum atomic E-state index is 12.2. The van der Waals surface area contributed by atoms with Gasteiger partial charge in [-0.3, -0.25) is 19.7 Å². The third-order valence-corrected chi connectivity index (χ3v) is 4.93. The fourth-order valence-electron chi connectivity index (χ4n) is 2.54. The number of sulfonamides is 1. The van der Waals surface area contributed by atoms with E-state index < -0.39 is 50.1 Å². The molecule has 0 aromatic heterocycles. The Morgan fingerprint density at radius 1 is 1.12 bits per heavy atom. The van der Waals surface area contributed by atoms with Crippen LogP contribution >= 0.6 is 0 Å². The van der Waals surface area contributed by atoms with Crippen molar-refractivity contribution in [3.05, 3.63) is 58.1 Å². The molecule has 0 unspecified atom stereocenters. The fourth-order valence-corrected chi connectivity index (χ4v) is 3.08. The average Bonchev–Trinajstić information content (AvgIpc) is 2.71. The Morgan fingerprint density at radius 2 is 1.82 bits per heavy atom. The van der Waals surface area contributed by atoms with Crippen LogP contribution in [-0.4, -0.2) is 44.4 Å². The van der Waals surface area contributed by atoms with Crippen molar-refractivity contribution in [1.29, 1.82) is 0 Å². The van der Waals surface area contributed by atoms with E-state index >= 15 is 0 Å². The Labute approximate surface area is 185 Å². The standard InChI is InChI=1S/C18H18F3N5O6S/c19-18(20,21)10-24-17(28)11-2-1-3-12(8-11)25-16(27)6-7-23-14-5-4-13(33(22,31)32)9-15(14)26(29)30/h1-5,8-9,23H,6-7,10H2,(H,24,28)(H,25,27)(H2,22,31,32). The summed E-state index contributed by atoms with van der Waals surface area (Å²) in [6, 6.07) is 8.24. The third-order valence-electron chi connectivity index (χ3n) is 4.02. The van der Waals surface area contributed by atoms with E-state index in [9.17, 15) is 41.3 Å². The minimum Gasteiger partial charge on any atom is -0.379 e. The molecule has 0 heterocycles. The van der Waals surface area contributed by atoms with Gasteiger partial charge < -0.3 is 16.0 Å². The zero-order valence-corrected chi connectivity index (χ0v) is 17.5. The molecular formula is C18H18F3N5O6S. The summed E-state index contributed by atoms with van der Waals surface area (Å²) in [7, 11) is -4.15. The summed E-state index contributed by atoms with van der Waals surface area (Å²) >= 11 is 0. The van der Waals surface area contributed by atoms with Crippen LogP contribution < -0.4 is 21.1 Å². The van der Waals surface area contributed by atoms with Gasteiger partial charge in [0.05, 0.1) is 9.82 Å². The Bertz CT molecular complexity index is 1170. The second-order valence-corrected chi connectivity index (χ2v) is 8.15. The highest BCUT2D eigenvalue weighted by molar-refractivity contribution is 7.89. The second-order valence-electron chi connectivity index (χ2n) is 6.58. The van der Waals surface area contributed by atoms with E-state index in [1.165, 1.54) is 24.3 Å². The van der Waals surface area contributed by atoms with E-state index in [-0.39, 0.29) is 29.9 Å². The van der Waals surface area contributed by atoms with Crippen LogP contribution in [0.3, 0.4) is 0 Å². The number of hydrogen-bond donors (Lipinski definition) is 4. The first-order chi connectivity index (χ1) is 15.3. The highest BCUT2D eigenvalue weighted by atomic mass is 32.2. The molecule has 0 radical (unpaired) electrons. The summed E-state index contributed by atoms with van der Waals surface area (Å²) in [5.74, 6) is -1.53. The molecule has 0 saturated heterocycles. The van der Waals surface area contributed by atoms with Crippen LogP contribution in [-0.2, 0) is 14.8 Å². The lowest BCUT2D eigenvalue weighted by Crippen LogP contribution is -2.33. The number of carbonyl (C=O) groups excluding carboxylic acids is 2. The summed E-state index contributed by atoms with van der Waals surface area (Å²) in [4.78, 5) is 33.8. The van der Waals surface area contributed by atoms with E-state index in [0.717, 1.165) is 18.2 Å². The number of nitro benzene ring substituents is 1. The molecule has 33 heavy (non-hydrogen) atoms. The van der Waals surface area contributed by atoms with E-state index in [0.29, 0.717) is 0 Å². The molecule has 0 spiro atoms. The Balaban J connectivity index is 1.96. The lowest BCUT2D eigenvalue weighted by Gasteiger charge is -2.11. The molecule has 0 fully saturated rings. The molecule has 2 aromatic rings. The molecule has 11 nitrogen and oxygen atoms in total. The van der Waals surface area contributed by atoms with Gasteiger partial charge in [0, 0.05) is 30.3 Å². The minimum atomic E-state index is -4.57. The summed E-state index contributed by atoms with van der Waals surface area (Å²) < 4.78 is 59.4. The second kappa shape index (κ2) is 10.3. The van der Waals surface area contributed by atoms with Gasteiger partial charge in [0.2, 0.25) is 15.9 Å². The van der Waals surface area contributed by atoms with Crippen LogP contribution in [0, 0.1) is 10.1 Å². The molecule has 2 rings (SSSR count). The quantitative estimate of drug-likeness (QED) is 0.308. The van der Waals surface area contributed by atoms with E-state index in [2.05, 4.69) is 10.6 Å². The number of carbonyl (C=O) groups is 2. The molecule has 178 valence electrons. The van der Waals surface area contributed by atoms with Gasteiger partial charge in [-0.15, -0.1) is 0 Å². The number of nitrogens with zero attached hydrogens (tertiary/aromatic N) is 1. The molecule has 2 amide bonds. The van der Waals surface area contributed by atoms with Gasteiger partial charge in [-0.1, -0.05) is 6.07 Å². The van der Waals surface area contributed by atoms with Crippen molar-refractivity contribution in [3.63, 3.8) is 0 Å². The van der Waals surface area contributed by atoms with Gasteiger partial charge in [-0.25, -0.2) is 13.6 Å². The Hall–Kier alpha value is -3.72. The highest BCUT2D eigenvalue weighted by Gasteiger charge is 2.28. The summed E-state index contributed by atoms with van der Waals surface area (Å²) in [5, 5.41) is 22.9. The van der Waals surface area contributed by atoms with Crippen molar-refractivity contribution in [2.45, 2.75) is 17.5 Å². The van der Waals surface area contributed by atoms with Crippen molar-refractivity contribution in [3.8, 4) is 0 Å². The van der Waals surface area contributed by atoms with Crippen LogP contribution in [0.15, 0.2) is 47.4 Å². The molecule has 15 heteroatoms. The van der Waals surface area contributed by atoms with Crippen LogP contribution in [0.4, 0.5) is 30.2 Å². The monoisotopic (exact) mass is 489 g/mol. The SMILES string of the molecule is NS(=O)(=O)c1ccc(NCCC(=O)Nc2cccc(C(=O)NCC(F)(F)F)c2)c([N+](=O)[O-])c1. The van der Waals surface area contributed by atoms with Crippen LogP contribution in [0.2, 0.25) is 0 Å². The largest absolute Gasteiger partial charge is 0.405 e. The Kier molecular flexibility index (Phi) is 7.94. The predicted octanol–water partition coefficient (Wildman–Crippen LogP) is 1.97. The van der Waals surface area contributed by atoms with Gasteiger partial charge in [-0.2, -0.15) is 13.2 Å². The molecule has 0 aliphatic heterocycles. The minimum absolute atomic E-state index is 0.0384. The highest BCUT2D eigenvalue weighted by Crippen LogP contribution is 2.27. The Morgan fingerprint density at radius 3 is 2.42 bits per heavy atom. The molecule has 0 saturated carbocycles. The molecular weight excluding hydrogens is 471 g/mol. The number of alkyl halides is 3. The number of nitro groups is 1. The van der Waals surface area contributed by atoms with Gasteiger partial charge in [0.1, 0.15) is 12.2 Å². The number of rotatable bonds is 9. The van der Waals surface area contributed by atoms with E-state index in [4.69, 9.17) is 5.14 Å². The van der Waals surface area contributed by atoms with Gasteiger partial charge in [0.25, 0.3) is 11.6 Å². The first kappa shape index (κ1) is 25.5. The lowest BCUT2D eigenvalue weighted by molar-refractivity contribution is -0.384. The summed E-state index contributed by atoms with van der Waals surface area (Å²) in [6.45, 7) is -1.58. The number of halogens is 3. The number of anilines is 2.